The van der Waals surface area contributed by atoms with Crippen molar-refractivity contribution in [2.45, 2.75) is 84.1 Å². The lowest BCUT2D eigenvalue weighted by atomic mass is 9.63. The molecule has 0 amide bonds. The first-order valence-electron chi connectivity index (χ1n) is 12.9. The van der Waals surface area contributed by atoms with E-state index in [4.69, 9.17) is 9.15 Å². The normalized spacial score (nSPS) is 16.4. The van der Waals surface area contributed by atoms with Crippen LogP contribution in [-0.2, 0) is 10.8 Å². The Kier molecular flexibility index (Phi) is 7.23. The molecule has 0 atom stereocenters. The molecule has 0 fully saturated rings. The molecule has 3 nitrogen and oxygen atoms in total. The third kappa shape index (κ3) is 5.41. The van der Waals surface area contributed by atoms with Crippen LogP contribution in [0.1, 0.15) is 78.4 Å². The van der Waals surface area contributed by atoms with E-state index in [-0.39, 0.29) is 10.8 Å². The van der Waals surface area contributed by atoms with Gasteiger partial charge in [-0.05, 0) is 83.5 Å². The largest absolute Gasteiger partial charge is 0.493 e. The Balaban J connectivity index is 1.66. The number of furan rings is 1. The molecular formula is C31H41NO2. The van der Waals surface area contributed by atoms with Crippen LogP contribution >= 0.6 is 0 Å². The van der Waals surface area contributed by atoms with Gasteiger partial charge in [0.1, 0.15) is 5.75 Å². The predicted octanol–water partition coefficient (Wildman–Crippen LogP) is 8.12. The minimum Gasteiger partial charge on any atom is -0.493 e. The highest BCUT2D eigenvalue weighted by molar-refractivity contribution is 5.78. The molecule has 1 N–H and O–H groups in total. The van der Waals surface area contributed by atoms with E-state index < -0.39 is 0 Å². The van der Waals surface area contributed by atoms with Gasteiger partial charge in [0.15, 0.2) is 0 Å². The maximum absolute atomic E-state index is 6.36. The van der Waals surface area contributed by atoms with Crippen LogP contribution in [-0.4, -0.2) is 19.2 Å². The second kappa shape index (κ2) is 10.00. The second-order valence-corrected chi connectivity index (χ2v) is 11.4. The number of benzene rings is 2. The minimum atomic E-state index is 0.174. The maximum Gasteiger partial charge on any atom is 0.127 e. The van der Waals surface area contributed by atoms with Crippen molar-refractivity contribution >= 4 is 0 Å². The van der Waals surface area contributed by atoms with Gasteiger partial charge in [0.05, 0.1) is 19.1 Å². The van der Waals surface area contributed by atoms with Gasteiger partial charge in [-0.3, -0.25) is 0 Å². The zero-order chi connectivity index (χ0) is 24.3. The predicted molar refractivity (Wildman–Crippen MR) is 143 cm³/mol. The van der Waals surface area contributed by atoms with Crippen molar-refractivity contribution < 1.29 is 9.15 Å². The summed E-state index contributed by atoms with van der Waals surface area (Å²) in [4.78, 5) is 0. The van der Waals surface area contributed by atoms with Crippen molar-refractivity contribution in [1.29, 1.82) is 0 Å². The Morgan fingerprint density at radius 1 is 0.853 bits per heavy atom. The Hall–Kier alpha value is -2.52. The Morgan fingerprint density at radius 2 is 1.59 bits per heavy atom. The second-order valence-electron chi connectivity index (χ2n) is 11.4. The van der Waals surface area contributed by atoms with Crippen molar-refractivity contribution in [3.05, 3.63) is 66.1 Å². The number of hydrogen-bond acceptors (Lipinski definition) is 3. The Bertz CT molecular complexity index is 1090. The number of nitrogens with one attached hydrogen (secondary N) is 1. The van der Waals surface area contributed by atoms with E-state index >= 15 is 0 Å². The van der Waals surface area contributed by atoms with E-state index in [1.54, 1.807) is 12.5 Å². The van der Waals surface area contributed by atoms with Crippen molar-refractivity contribution in [1.82, 2.24) is 5.32 Å². The molecule has 0 saturated carbocycles. The maximum atomic E-state index is 6.36. The molecule has 3 aromatic rings. The Morgan fingerprint density at radius 3 is 2.29 bits per heavy atom. The highest BCUT2D eigenvalue weighted by atomic mass is 16.5. The molecule has 4 rings (SSSR count). The lowest BCUT2D eigenvalue weighted by Gasteiger charge is -2.42. The van der Waals surface area contributed by atoms with Gasteiger partial charge in [0.2, 0.25) is 0 Å². The van der Waals surface area contributed by atoms with Gasteiger partial charge in [-0.15, -0.1) is 0 Å². The number of rotatable bonds is 9. The Labute approximate surface area is 205 Å². The van der Waals surface area contributed by atoms with Crippen LogP contribution in [0.15, 0.2) is 59.4 Å². The summed E-state index contributed by atoms with van der Waals surface area (Å²) < 4.78 is 11.7. The molecule has 0 bridgehead atoms. The average Bonchev–Trinajstić information content (AvgIpc) is 3.34. The summed E-state index contributed by atoms with van der Waals surface area (Å²) in [5.41, 5.74) is 7.96. The van der Waals surface area contributed by atoms with Crippen LogP contribution < -0.4 is 10.1 Å². The molecule has 2 aromatic carbocycles. The molecule has 1 heterocycles. The summed E-state index contributed by atoms with van der Waals surface area (Å²) in [7, 11) is 0. The standard InChI is InChI=1S/C31H41NO2/c1-22(2)32-16-7-8-17-34-29-12-10-23(25-13-18-33-21-25)19-26(29)24-9-11-27-28(20-24)31(5,6)15-14-30(27,3)4/h9-13,18-22,32H,7-8,14-17H2,1-6H3. The van der Waals surface area contributed by atoms with Crippen LogP contribution in [0, 0.1) is 0 Å². The number of ether oxygens (including phenoxy) is 1. The SMILES string of the molecule is CC(C)NCCCCOc1ccc(-c2ccoc2)cc1-c1ccc2c(c1)C(C)(C)CCC2(C)C. The minimum absolute atomic E-state index is 0.174. The van der Waals surface area contributed by atoms with Gasteiger partial charge >= 0.3 is 0 Å². The molecule has 1 aliphatic rings. The molecule has 0 saturated heterocycles. The summed E-state index contributed by atoms with van der Waals surface area (Å²) >= 11 is 0. The van der Waals surface area contributed by atoms with Gasteiger partial charge < -0.3 is 14.5 Å². The van der Waals surface area contributed by atoms with Crippen LogP contribution in [0.3, 0.4) is 0 Å². The third-order valence-corrected chi connectivity index (χ3v) is 7.38. The van der Waals surface area contributed by atoms with Crippen LogP contribution in [0.5, 0.6) is 5.75 Å². The van der Waals surface area contributed by atoms with Crippen molar-refractivity contribution in [2.75, 3.05) is 13.2 Å². The first-order chi connectivity index (χ1) is 16.2. The number of hydrogen-bond donors (Lipinski definition) is 1. The highest BCUT2D eigenvalue weighted by Crippen LogP contribution is 2.47. The first-order valence-corrected chi connectivity index (χ1v) is 12.9. The van der Waals surface area contributed by atoms with Gasteiger partial charge in [-0.2, -0.15) is 0 Å². The lowest BCUT2D eigenvalue weighted by Crippen LogP contribution is -2.33. The fraction of sp³-hybridized carbons (Fsp3) is 0.484. The molecule has 0 aliphatic heterocycles. The lowest BCUT2D eigenvalue weighted by molar-refractivity contribution is 0.306. The number of fused-ring (bicyclic) bond motifs is 1. The van der Waals surface area contributed by atoms with Gasteiger partial charge in [0, 0.05) is 17.2 Å². The summed E-state index contributed by atoms with van der Waals surface area (Å²) in [5.74, 6) is 0.955. The van der Waals surface area contributed by atoms with E-state index in [9.17, 15) is 0 Å². The van der Waals surface area contributed by atoms with E-state index in [0.717, 1.165) is 48.4 Å². The molecule has 1 aliphatic carbocycles. The van der Waals surface area contributed by atoms with Crippen molar-refractivity contribution in [2.24, 2.45) is 0 Å². The smallest absolute Gasteiger partial charge is 0.127 e. The van der Waals surface area contributed by atoms with Crippen LogP contribution in [0.25, 0.3) is 22.3 Å². The fourth-order valence-corrected chi connectivity index (χ4v) is 5.05. The molecule has 182 valence electrons. The van der Waals surface area contributed by atoms with Crippen LogP contribution in [0.4, 0.5) is 0 Å². The molecule has 1 aromatic heterocycles. The summed E-state index contributed by atoms with van der Waals surface area (Å²) in [6.45, 7) is 15.7. The van der Waals surface area contributed by atoms with Crippen molar-refractivity contribution in [3.8, 4) is 28.0 Å². The zero-order valence-electron chi connectivity index (χ0n) is 21.8. The van der Waals surface area contributed by atoms with Crippen molar-refractivity contribution in [3.63, 3.8) is 0 Å². The van der Waals surface area contributed by atoms with E-state index in [0.29, 0.717) is 6.04 Å². The fourth-order valence-electron chi connectivity index (χ4n) is 5.05. The van der Waals surface area contributed by atoms with Gasteiger partial charge in [-0.1, -0.05) is 65.8 Å². The molecule has 0 radical (unpaired) electrons. The molecule has 0 spiro atoms. The molecule has 34 heavy (non-hydrogen) atoms. The van der Waals surface area contributed by atoms with E-state index in [2.05, 4.69) is 83.3 Å². The van der Waals surface area contributed by atoms with Gasteiger partial charge in [-0.25, -0.2) is 0 Å². The molecule has 3 heteroatoms. The molecule has 0 unspecified atom stereocenters. The zero-order valence-corrected chi connectivity index (χ0v) is 21.8. The topological polar surface area (TPSA) is 34.4 Å². The molecular weight excluding hydrogens is 418 g/mol. The number of unbranched alkanes of at least 4 members (excludes halogenated alkanes) is 1. The monoisotopic (exact) mass is 459 g/mol. The highest BCUT2D eigenvalue weighted by Gasteiger charge is 2.37. The summed E-state index contributed by atoms with van der Waals surface area (Å²) in [6, 6.07) is 16.1. The van der Waals surface area contributed by atoms with Crippen LogP contribution in [0.2, 0.25) is 0 Å². The van der Waals surface area contributed by atoms with Gasteiger partial charge in [0.25, 0.3) is 0 Å². The first kappa shape index (κ1) is 24.6. The van der Waals surface area contributed by atoms with E-state index in [1.807, 2.05) is 6.07 Å². The quantitative estimate of drug-likeness (QED) is 0.328. The summed E-state index contributed by atoms with van der Waals surface area (Å²) in [5, 5.41) is 3.48. The third-order valence-electron chi connectivity index (χ3n) is 7.38. The summed E-state index contributed by atoms with van der Waals surface area (Å²) in [6.07, 6.45) is 8.12. The van der Waals surface area contributed by atoms with E-state index in [1.165, 1.54) is 29.5 Å². The average molecular weight is 460 g/mol.